The molecule has 2 unspecified atom stereocenters. The molecule has 8 nitrogen and oxygen atoms in total. The SMILES string of the molecule is CC/C=C/C/C=C/CCCCC(=O)OCC(COCCC(C(=O)[O-])[N+](C)(C)C)OC(=O)CCCCCCCCCCCC. The van der Waals surface area contributed by atoms with Gasteiger partial charge in [-0.2, -0.15) is 0 Å². The highest BCUT2D eigenvalue weighted by atomic mass is 16.6. The van der Waals surface area contributed by atoms with Crippen molar-refractivity contribution in [2.45, 2.75) is 142 Å². The molecule has 0 aromatic rings. The first-order valence-electron chi connectivity index (χ1n) is 16.9. The number of hydrogen-bond donors (Lipinski definition) is 0. The highest BCUT2D eigenvalue weighted by Gasteiger charge is 2.25. The fraction of sp³-hybridized carbons (Fsp3) is 0.800. The number of nitrogens with zero attached hydrogens (tertiary/aromatic N) is 1. The summed E-state index contributed by atoms with van der Waals surface area (Å²) in [6, 6.07) is -0.724. The van der Waals surface area contributed by atoms with E-state index in [1.807, 2.05) is 0 Å². The van der Waals surface area contributed by atoms with E-state index in [2.05, 4.69) is 38.2 Å². The van der Waals surface area contributed by atoms with Gasteiger partial charge < -0.3 is 28.6 Å². The van der Waals surface area contributed by atoms with E-state index in [0.29, 0.717) is 12.8 Å². The number of unbranched alkanes of at least 4 members (excludes halogenated alkanes) is 11. The first-order chi connectivity index (χ1) is 20.6. The lowest BCUT2D eigenvalue weighted by Gasteiger charge is -2.34. The van der Waals surface area contributed by atoms with E-state index in [1.165, 1.54) is 44.9 Å². The predicted octanol–water partition coefficient (Wildman–Crippen LogP) is 6.46. The fourth-order valence-electron chi connectivity index (χ4n) is 4.69. The van der Waals surface area contributed by atoms with Gasteiger partial charge in [-0.1, -0.05) is 95.9 Å². The van der Waals surface area contributed by atoms with Crippen molar-refractivity contribution < 1.29 is 38.2 Å². The van der Waals surface area contributed by atoms with Crippen LogP contribution in [-0.2, 0) is 28.6 Å². The highest BCUT2D eigenvalue weighted by Crippen LogP contribution is 2.13. The predicted molar refractivity (Wildman–Crippen MR) is 171 cm³/mol. The summed E-state index contributed by atoms with van der Waals surface area (Å²) in [6.07, 6.45) is 25.0. The monoisotopic (exact) mass is 609 g/mol. The van der Waals surface area contributed by atoms with E-state index in [4.69, 9.17) is 14.2 Å². The van der Waals surface area contributed by atoms with E-state index in [9.17, 15) is 19.5 Å². The molecule has 0 fully saturated rings. The van der Waals surface area contributed by atoms with E-state index in [1.54, 1.807) is 21.1 Å². The third kappa shape index (κ3) is 26.0. The highest BCUT2D eigenvalue weighted by molar-refractivity contribution is 5.70. The molecular weight excluding hydrogens is 546 g/mol. The molecule has 0 aliphatic carbocycles. The summed E-state index contributed by atoms with van der Waals surface area (Å²) in [5.74, 6) is -1.79. The minimum absolute atomic E-state index is 0.0330. The summed E-state index contributed by atoms with van der Waals surface area (Å²) in [7, 11) is 5.37. The Hall–Kier alpha value is -2.19. The summed E-state index contributed by atoms with van der Waals surface area (Å²) >= 11 is 0. The molecule has 0 saturated heterocycles. The Bertz CT molecular complexity index is 773. The summed E-state index contributed by atoms with van der Waals surface area (Å²) in [5, 5.41) is 11.5. The largest absolute Gasteiger partial charge is 0.544 e. The smallest absolute Gasteiger partial charge is 0.306 e. The van der Waals surface area contributed by atoms with Crippen molar-refractivity contribution >= 4 is 17.9 Å². The van der Waals surface area contributed by atoms with Gasteiger partial charge in [-0.15, -0.1) is 0 Å². The summed E-state index contributed by atoms with van der Waals surface area (Å²) < 4.78 is 16.9. The maximum Gasteiger partial charge on any atom is 0.306 e. The van der Waals surface area contributed by atoms with Gasteiger partial charge >= 0.3 is 11.9 Å². The molecule has 0 rings (SSSR count). The fourth-order valence-corrected chi connectivity index (χ4v) is 4.69. The van der Waals surface area contributed by atoms with Crippen molar-refractivity contribution in [2.75, 3.05) is 41.0 Å². The van der Waals surface area contributed by atoms with Gasteiger partial charge in [-0.25, -0.2) is 0 Å². The number of carboxylic acids is 1. The van der Waals surface area contributed by atoms with Crippen LogP contribution in [0.1, 0.15) is 129 Å². The Kier molecular flexibility index (Phi) is 26.0. The number of likely N-dealkylation sites (N-methyl/N-ethyl adjacent to an activating group) is 1. The van der Waals surface area contributed by atoms with Crippen LogP contribution in [0.25, 0.3) is 0 Å². The third-order valence-electron chi connectivity index (χ3n) is 7.35. The van der Waals surface area contributed by atoms with E-state index in [0.717, 1.165) is 51.4 Å². The van der Waals surface area contributed by atoms with Crippen LogP contribution in [0.4, 0.5) is 0 Å². The topological polar surface area (TPSA) is 102 Å². The van der Waals surface area contributed by atoms with Crippen molar-refractivity contribution in [3.63, 3.8) is 0 Å². The van der Waals surface area contributed by atoms with Crippen LogP contribution >= 0.6 is 0 Å². The average Bonchev–Trinajstić information content (AvgIpc) is 2.94. The van der Waals surface area contributed by atoms with Crippen molar-refractivity contribution in [3.8, 4) is 0 Å². The van der Waals surface area contributed by atoms with Gasteiger partial charge in [0.1, 0.15) is 12.6 Å². The van der Waals surface area contributed by atoms with Crippen LogP contribution in [0.15, 0.2) is 24.3 Å². The van der Waals surface area contributed by atoms with Gasteiger partial charge in [0.25, 0.3) is 0 Å². The van der Waals surface area contributed by atoms with Gasteiger partial charge in [0.2, 0.25) is 0 Å². The zero-order valence-electron chi connectivity index (χ0n) is 28.1. The standard InChI is InChI=1S/C35H63NO7/c1-6-8-10-12-14-16-18-20-22-24-26-34(38)43-31(29-41-28-27-32(35(39)40)36(3,4)5)30-42-33(37)25-23-21-19-17-15-13-11-9-7-2/h9,11,15,17,31-32H,6-8,10,12-14,16,18-30H2,1-5H3/b11-9+,17-15+. The molecule has 0 spiro atoms. The normalized spacial score (nSPS) is 13.4. The van der Waals surface area contributed by atoms with Gasteiger partial charge in [-0.3, -0.25) is 9.59 Å². The van der Waals surface area contributed by atoms with E-state index >= 15 is 0 Å². The second-order valence-electron chi connectivity index (χ2n) is 12.4. The minimum atomic E-state index is -1.13. The molecule has 0 aromatic heterocycles. The Morgan fingerprint density at radius 1 is 0.721 bits per heavy atom. The second-order valence-corrected chi connectivity index (χ2v) is 12.4. The molecule has 8 heteroatoms. The first-order valence-corrected chi connectivity index (χ1v) is 16.9. The van der Waals surface area contributed by atoms with E-state index in [-0.39, 0.29) is 42.7 Å². The average molecular weight is 610 g/mol. The molecule has 0 bridgehead atoms. The molecule has 0 aliphatic heterocycles. The Labute approximate surface area is 262 Å². The van der Waals surface area contributed by atoms with Crippen molar-refractivity contribution in [1.29, 1.82) is 0 Å². The molecule has 0 aliphatic rings. The van der Waals surface area contributed by atoms with Crippen molar-refractivity contribution in [2.24, 2.45) is 0 Å². The summed E-state index contributed by atoms with van der Waals surface area (Å²) in [5.41, 5.74) is 0. The van der Waals surface area contributed by atoms with Crippen molar-refractivity contribution in [1.82, 2.24) is 0 Å². The number of quaternary nitrogens is 1. The molecule has 0 heterocycles. The van der Waals surface area contributed by atoms with Gasteiger partial charge in [0.05, 0.1) is 40.3 Å². The number of allylic oxidation sites excluding steroid dienone is 4. The van der Waals surface area contributed by atoms with Crippen LogP contribution in [0, 0.1) is 0 Å². The molecular formula is C35H63NO7. The van der Waals surface area contributed by atoms with Crippen LogP contribution in [-0.4, -0.2) is 75.5 Å². The first kappa shape index (κ1) is 40.8. The molecule has 2 atom stereocenters. The number of carboxylic acid groups (broad SMARTS) is 1. The molecule has 0 saturated carbocycles. The number of aliphatic carboxylic acids is 1. The molecule has 250 valence electrons. The Morgan fingerprint density at radius 2 is 1.30 bits per heavy atom. The molecule has 0 amide bonds. The lowest BCUT2D eigenvalue weighted by Crippen LogP contribution is -2.55. The van der Waals surface area contributed by atoms with Crippen LogP contribution in [0.2, 0.25) is 0 Å². The molecule has 43 heavy (non-hydrogen) atoms. The summed E-state index contributed by atoms with van der Waals surface area (Å²) in [4.78, 5) is 36.4. The van der Waals surface area contributed by atoms with Crippen LogP contribution in [0.3, 0.4) is 0 Å². The summed E-state index contributed by atoms with van der Waals surface area (Å²) in [6.45, 7) is 4.46. The Morgan fingerprint density at radius 3 is 1.91 bits per heavy atom. The van der Waals surface area contributed by atoms with Crippen molar-refractivity contribution in [3.05, 3.63) is 24.3 Å². The quantitative estimate of drug-likeness (QED) is 0.0415. The molecule has 0 N–H and O–H groups in total. The van der Waals surface area contributed by atoms with E-state index < -0.39 is 18.1 Å². The van der Waals surface area contributed by atoms with Gasteiger partial charge in [0, 0.05) is 19.3 Å². The lowest BCUT2D eigenvalue weighted by molar-refractivity contribution is -0.889. The van der Waals surface area contributed by atoms with Gasteiger partial charge in [0.15, 0.2) is 6.10 Å². The molecule has 0 radical (unpaired) electrons. The minimum Gasteiger partial charge on any atom is -0.544 e. The number of carbonyl (C=O) groups is 3. The third-order valence-corrected chi connectivity index (χ3v) is 7.35. The number of ether oxygens (including phenoxy) is 3. The van der Waals surface area contributed by atoms with Crippen LogP contribution in [0.5, 0.6) is 0 Å². The molecule has 0 aromatic carbocycles. The number of rotatable bonds is 29. The maximum absolute atomic E-state index is 12.5. The number of esters is 2. The maximum atomic E-state index is 12.5. The number of hydrogen-bond acceptors (Lipinski definition) is 7. The van der Waals surface area contributed by atoms with Gasteiger partial charge in [-0.05, 0) is 38.5 Å². The Balaban J connectivity index is 4.53. The zero-order valence-corrected chi connectivity index (χ0v) is 28.1. The zero-order chi connectivity index (χ0) is 32.2. The number of carbonyl (C=O) groups excluding carboxylic acids is 3. The second kappa shape index (κ2) is 27.4. The van der Waals surface area contributed by atoms with Crippen LogP contribution < -0.4 is 5.11 Å². The lowest BCUT2D eigenvalue weighted by atomic mass is 10.1.